The topological polar surface area (TPSA) is 65.8 Å². The zero-order valence-electron chi connectivity index (χ0n) is 18.9. The summed E-state index contributed by atoms with van der Waals surface area (Å²) in [6.07, 6.45) is 0. The fraction of sp³-hybridized carbons (Fsp3) is 0.214. The maximum atomic E-state index is 13.0. The lowest BCUT2D eigenvalue weighted by atomic mass is 10.0. The number of piperazine rings is 1. The molecule has 34 heavy (non-hydrogen) atoms. The lowest BCUT2D eigenvalue weighted by Crippen LogP contribution is -2.49. The fourth-order valence-electron chi connectivity index (χ4n) is 4.40. The summed E-state index contributed by atoms with van der Waals surface area (Å²) in [5.41, 5.74) is 4.00. The number of anilines is 1. The van der Waals surface area contributed by atoms with Gasteiger partial charge in [0.05, 0.1) is 5.69 Å². The highest BCUT2D eigenvalue weighted by Gasteiger charge is 2.22. The molecule has 0 bridgehead atoms. The Bertz CT molecular complexity index is 1320. The molecule has 0 spiro atoms. The summed E-state index contributed by atoms with van der Waals surface area (Å²) >= 11 is 0. The molecule has 1 aliphatic heterocycles. The van der Waals surface area contributed by atoms with E-state index in [-0.39, 0.29) is 11.5 Å². The molecule has 1 saturated heterocycles. The van der Waals surface area contributed by atoms with Gasteiger partial charge < -0.3 is 14.6 Å². The predicted octanol–water partition coefficient (Wildman–Crippen LogP) is 4.33. The van der Waals surface area contributed by atoms with E-state index in [4.69, 9.17) is 4.42 Å². The highest BCUT2D eigenvalue weighted by Crippen LogP contribution is 2.21. The van der Waals surface area contributed by atoms with Crippen molar-refractivity contribution in [1.29, 1.82) is 0 Å². The SMILES string of the molecule is O=C(c1ccc(-c2ccccc2)cc1)N1CCN(CCNc2cc(=O)oc3ccccc23)CC1. The van der Waals surface area contributed by atoms with Crippen molar-refractivity contribution in [3.63, 3.8) is 0 Å². The van der Waals surface area contributed by atoms with Crippen LogP contribution in [-0.2, 0) is 0 Å². The van der Waals surface area contributed by atoms with Gasteiger partial charge in [-0.3, -0.25) is 9.69 Å². The summed E-state index contributed by atoms with van der Waals surface area (Å²) in [5, 5.41) is 4.27. The van der Waals surface area contributed by atoms with Crippen molar-refractivity contribution in [2.75, 3.05) is 44.6 Å². The number of nitrogens with zero attached hydrogens (tertiary/aromatic N) is 2. The molecule has 6 nitrogen and oxygen atoms in total. The molecule has 172 valence electrons. The summed E-state index contributed by atoms with van der Waals surface area (Å²) in [7, 11) is 0. The molecule has 0 atom stereocenters. The Morgan fingerprint density at radius 1 is 0.824 bits per heavy atom. The van der Waals surface area contributed by atoms with Crippen LogP contribution in [0.15, 0.2) is 94.1 Å². The average Bonchev–Trinajstić information content (AvgIpc) is 2.89. The van der Waals surface area contributed by atoms with Gasteiger partial charge in [0.15, 0.2) is 0 Å². The number of rotatable bonds is 6. The minimum atomic E-state index is -0.356. The second-order valence-electron chi connectivity index (χ2n) is 8.48. The van der Waals surface area contributed by atoms with Gasteiger partial charge in [-0.1, -0.05) is 54.6 Å². The number of carbonyl (C=O) groups is 1. The number of fused-ring (bicyclic) bond motifs is 1. The Morgan fingerprint density at radius 2 is 1.50 bits per heavy atom. The van der Waals surface area contributed by atoms with E-state index < -0.39 is 0 Å². The predicted molar refractivity (Wildman–Crippen MR) is 135 cm³/mol. The van der Waals surface area contributed by atoms with Crippen LogP contribution in [0.25, 0.3) is 22.1 Å². The van der Waals surface area contributed by atoms with E-state index in [0.29, 0.717) is 25.2 Å². The van der Waals surface area contributed by atoms with Crippen molar-refractivity contribution in [3.05, 3.63) is 101 Å². The molecule has 5 rings (SSSR count). The summed E-state index contributed by atoms with van der Waals surface area (Å²) in [4.78, 5) is 29.1. The Kier molecular flexibility index (Phi) is 6.40. The number of carbonyl (C=O) groups excluding carboxylic acids is 1. The van der Waals surface area contributed by atoms with Crippen LogP contribution in [0.1, 0.15) is 10.4 Å². The first-order chi connectivity index (χ1) is 16.7. The van der Waals surface area contributed by atoms with E-state index in [1.165, 1.54) is 6.07 Å². The number of amides is 1. The van der Waals surface area contributed by atoms with Gasteiger partial charge in [-0.15, -0.1) is 0 Å². The van der Waals surface area contributed by atoms with Gasteiger partial charge >= 0.3 is 5.63 Å². The summed E-state index contributed by atoms with van der Waals surface area (Å²) in [6, 6.07) is 27.1. The minimum absolute atomic E-state index is 0.0832. The molecule has 2 heterocycles. The van der Waals surface area contributed by atoms with Crippen molar-refractivity contribution in [2.45, 2.75) is 0 Å². The van der Waals surface area contributed by atoms with Crippen molar-refractivity contribution in [1.82, 2.24) is 9.80 Å². The summed E-state index contributed by atoms with van der Waals surface area (Å²) in [6.45, 7) is 4.61. The third-order valence-electron chi connectivity index (χ3n) is 6.29. The molecule has 0 radical (unpaired) electrons. The van der Waals surface area contributed by atoms with Crippen LogP contribution in [0, 0.1) is 0 Å². The third-order valence-corrected chi connectivity index (χ3v) is 6.29. The van der Waals surface area contributed by atoms with E-state index in [9.17, 15) is 9.59 Å². The molecule has 0 saturated carbocycles. The van der Waals surface area contributed by atoms with Gasteiger partial charge in [-0.05, 0) is 35.4 Å². The quantitative estimate of drug-likeness (QED) is 0.440. The molecule has 0 aliphatic carbocycles. The van der Waals surface area contributed by atoms with E-state index in [1.54, 1.807) is 6.07 Å². The standard InChI is InChI=1S/C28H27N3O3/c32-27-20-25(24-8-4-5-9-26(24)34-27)29-14-15-30-16-18-31(19-17-30)28(33)23-12-10-22(11-13-23)21-6-2-1-3-7-21/h1-13,20,29H,14-19H2. The zero-order valence-corrected chi connectivity index (χ0v) is 18.9. The summed E-state index contributed by atoms with van der Waals surface area (Å²) < 4.78 is 5.25. The molecular weight excluding hydrogens is 426 g/mol. The van der Waals surface area contributed by atoms with Crippen molar-refractivity contribution in [3.8, 4) is 11.1 Å². The molecule has 6 heteroatoms. The van der Waals surface area contributed by atoms with Gasteiger partial charge in [0.25, 0.3) is 5.91 Å². The maximum absolute atomic E-state index is 13.0. The van der Waals surface area contributed by atoms with Crippen LogP contribution in [0.5, 0.6) is 0 Å². The molecule has 1 aliphatic rings. The highest BCUT2D eigenvalue weighted by molar-refractivity contribution is 5.94. The molecule has 1 N–H and O–H groups in total. The Morgan fingerprint density at radius 3 is 2.26 bits per heavy atom. The van der Waals surface area contributed by atoms with Crippen molar-refractivity contribution >= 4 is 22.6 Å². The lowest BCUT2D eigenvalue weighted by Gasteiger charge is -2.34. The smallest absolute Gasteiger partial charge is 0.338 e. The van der Waals surface area contributed by atoms with Crippen LogP contribution in [0.3, 0.4) is 0 Å². The van der Waals surface area contributed by atoms with Gasteiger partial charge in [0, 0.05) is 56.3 Å². The van der Waals surface area contributed by atoms with E-state index >= 15 is 0 Å². The molecule has 1 amide bonds. The molecular formula is C28H27N3O3. The first kappa shape index (κ1) is 21.9. The zero-order chi connectivity index (χ0) is 23.3. The Balaban J connectivity index is 1.13. The number of hydrogen-bond donors (Lipinski definition) is 1. The highest BCUT2D eigenvalue weighted by atomic mass is 16.4. The fourth-order valence-corrected chi connectivity index (χ4v) is 4.40. The number of para-hydroxylation sites is 1. The molecule has 1 fully saturated rings. The molecule has 0 unspecified atom stereocenters. The first-order valence-corrected chi connectivity index (χ1v) is 11.6. The van der Waals surface area contributed by atoms with E-state index in [0.717, 1.165) is 47.4 Å². The summed E-state index contributed by atoms with van der Waals surface area (Å²) in [5.74, 6) is 0.0832. The molecule has 1 aromatic heterocycles. The maximum Gasteiger partial charge on any atom is 0.338 e. The van der Waals surface area contributed by atoms with Crippen LogP contribution in [0.4, 0.5) is 5.69 Å². The largest absolute Gasteiger partial charge is 0.423 e. The number of nitrogens with one attached hydrogen (secondary N) is 1. The van der Waals surface area contributed by atoms with Crippen molar-refractivity contribution < 1.29 is 9.21 Å². The van der Waals surface area contributed by atoms with Crippen molar-refractivity contribution in [2.24, 2.45) is 0 Å². The van der Waals surface area contributed by atoms with Crippen LogP contribution in [-0.4, -0.2) is 55.0 Å². The average molecular weight is 454 g/mol. The van der Waals surface area contributed by atoms with Crippen LogP contribution >= 0.6 is 0 Å². The van der Waals surface area contributed by atoms with Gasteiger partial charge in [-0.2, -0.15) is 0 Å². The second kappa shape index (κ2) is 9.93. The van der Waals surface area contributed by atoms with E-state index in [1.807, 2.05) is 65.6 Å². The van der Waals surface area contributed by atoms with Gasteiger partial charge in [-0.25, -0.2) is 4.79 Å². The van der Waals surface area contributed by atoms with Crippen LogP contribution in [0.2, 0.25) is 0 Å². The Hall–Kier alpha value is -3.90. The van der Waals surface area contributed by atoms with Gasteiger partial charge in [0.2, 0.25) is 0 Å². The number of hydrogen-bond acceptors (Lipinski definition) is 5. The lowest BCUT2D eigenvalue weighted by molar-refractivity contribution is 0.0642. The van der Waals surface area contributed by atoms with Crippen LogP contribution < -0.4 is 10.9 Å². The minimum Gasteiger partial charge on any atom is -0.423 e. The normalized spacial score (nSPS) is 14.3. The van der Waals surface area contributed by atoms with Gasteiger partial charge in [0.1, 0.15) is 5.58 Å². The van der Waals surface area contributed by atoms with E-state index in [2.05, 4.69) is 22.3 Å². The second-order valence-corrected chi connectivity index (χ2v) is 8.48. The molecule has 4 aromatic rings. The first-order valence-electron chi connectivity index (χ1n) is 11.6. The number of benzene rings is 3. The Labute approximate surface area is 198 Å². The molecule has 3 aromatic carbocycles. The monoisotopic (exact) mass is 453 g/mol. The third kappa shape index (κ3) is 4.87.